The van der Waals surface area contributed by atoms with Gasteiger partial charge in [-0.1, -0.05) is 19.1 Å². The molecule has 0 aromatic rings. The van der Waals surface area contributed by atoms with Crippen molar-refractivity contribution in [2.24, 2.45) is 5.92 Å². The van der Waals surface area contributed by atoms with Crippen LogP contribution in [0, 0.1) is 12.8 Å². The SMILES string of the molecule is [CH2]/C=C/C(O)C(C)CO. The van der Waals surface area contributed by atoms with Crippen molar-refractivity contribution in [3.8, 4) is 0 Å². The maximum Gasteiger partial charge on any atom is 0.0768 e. The molecule has 2 N–H and O–H groups in total. The summed E-state index contributed by atoms with van der Waals surface area (Å²) in [6.45, 7) is 5.19. The van der Waals surface area contributed by atoms with Crippen molar-refractivity contribution in [2.75, 3.05) is 6.61 Å². The fourth-order valence-electron chi connectivity index (χ4n) is 0.437. The Labute approximate surface area is 55.8 Å². The van der Waals surface area contributed by atoms with Crippen LogP contribution < -0.4 is 0 Å². The molecule has 1 radical (unpaired) electrons. The van der Waals surface area contributed by atoms with Crippen LogP contribution in [0.1, 0.15) is 6.92 Å². The Morgan fingerprint density at radius 3 is 2.56 bits per heavy atom. The Hall–Kier alpha value is -0.340. The van der Waals surface area contributed by atoms with Crippen molar-refractivity contribution in [3.63, 3.8) is 0 Å². The highest BCUT2D eigenvalue weighted by molar-refractivity contribution is 4.92. The summed E-state index contributed by atoms with van der Waals surface area (Å²) >= 11 is 0. The van der Waals surface area contributed by atoms with Crippen molar-refractivity contribution < 1.29 is 10.2 Å². The minimum absolute atomic E-state index is 0.00546. The van der Waals surface area contributed by atoms with Crippen molar-refractivity contribution in [1.82, 2.24) is 0 Å². The van der Waals surface area contributed by atoms with Crippen LogP contribution in [0.25, 0.3) is 0 Å². The smallest absolute Gasteiger partial charge is 0.0768 e. The molecule has 2 unspecified atom stereocenters. The lowest BCUT2D eigenvalue weighted by atomic mass is 10.1. The monoisotopic (exact) mass is 129 g/mol. The standard InChI is InChI=1S/C7H13O2/c1-3-4-7(9)6(2)5-8/h3-4,6-9H,1,5H2,2H3/b4-3+. The van der Waals surface area contributed by atoms with Gasteiger partial charge in [-0.25, -0.2) is 0 Å². The molecular formula is C7H13O2. The molecule has 0 aromatic carbocycles. The summed E-state index contributed by atoms with van der Waals surface area (Å²) in [5, 5.41) is 17.5. The zero-order valence-corrected chi connectivity index (χ0v) is 5.62. The van der Waals surface area contributed by atoms with Crippen LogP contribution in [0.4, 0.5) is 0 Å². The van der Waals surface area contributed by atoms with E-state index in [1.165, 1.54) is 6.08 Å². The van der Waals surface area contributed by atoms with Gasteiger partial charge in [0.15, 0.2) is 0 Å². The second-order valence-electron chi connectivity index (χ2n) is 2.08. The normalized spacial score (nSPS) is 18.2. The first-order valence-corrected chi connectivity index (χ1v) is 2.97. The zero-order valence-electron chi connectivity index (χ0n) is 5.62. The van der Waals surface area contributed by atoms with Gasteiger partial charge in [-0.2, -0.15) is 0 Å². The Balaban J connectivity index is 3.58. The van der Waals surface area contributed by atoms with Gasteiger partial charge in [0.2, 0.25) is 0 Å². The molecule has 0 rings (SSSR count). The lowest BCUT2D eigenvalue weighted by Crippen LogP contribution is -2.17. The summed E-state index contributed by atoms with van der Waals surface area (Å²) < 4.78 is 0. The van der Waals surface area contributed by atoms with Crippen LogP contribution in [-0.4, -0.2) is 22.9 Å². The third-order valence-electron chi connectivity index (χ3n) is 1.20. The van der Waals surface area contributed by atoms with E-state index in [0.717, 1.165) is 0 Å². The Kier molecular flexibility index (Phi) is 4.36. The summed E-state index contributed by atoms with van der Waals surface area (Å²) in [6.07, 6.45) is 2.52. The van der Waals surface area contributed by atoms with E-state index in [1.54, 1.807) is 13.0 Å². The van der Waals surface area contributed by atoms with Crippen LogP contribution >= 0.6 is 0 Å². The first kappa shape index (κ1) is 8.66. The molecule has 0 aromatic heterocycles. The molecule has 0 heterocycles. The average molecular weight is 129 g/mol. The number of aliphatic hydroxyl groups excluding tert-OH is 2. The van der Waals surface area contributed by atoms with E-state index in [1.807, 2.05) is 0 Å². The molecule has 0 aliphatic heterocycles. The number of allylic oxidation sites excluding steroid dienone is 1. The number of rotatable bonds is 3. The van der Waals surface area contributed by atoms with Crippen LogP contribution in [0.5, 0.6) is 0 Å². The first-order chi connectivity index (χ1) is 4.22. The van der Waals surface area contributed by atoms with Gasteiger partial charge in [-0.3, -0.25) is 0 Å². The van der Waals surface area contributed by atoms with Gasteiger partial charge >= 0.3 is 0 Å². The molecule has 0 aliphatic carbocycles. The topological polar surface area (TPSA) is 40.5 Å². The Morgan fingerprint density at radius 1 is 1.67 bits per heavy atom. The van der Waals surface area contributed by atoms with Crippen LogP contribution in [-0.2, 0) is 0 Å². The molecule has 0 saturated carbocycles. The largest absolute Gasteiger partial charge is 0.396 e. The van der Waals surface area contributed by atoms with Gasteiger partial charge < -0.3 is 10.2 Å². The first-order valence-electron chi connectivity index (χ1n) is 2.97. The zero-order chi connectivity index (χ0) is 7.28. The van der Waals surface area contributed by atoms with Crippen LogP contribution in [0.15, 0.2) is 12.2 Å². The van der Waals surface area contributed by atoms with Gasteiger partial charge in [0.1, 0.15) is 0 Å². The molecular weight excluding hydrogens is 116 g/mol. The van der Waals surface area contributed by atoms with Gasteiger partial charge in [0.05, 0.1) is 6.10 Å². The van der Waals surface area contributed by atoms with Gasteiger partial charge in [0.25, 0.3) is 0 Å². The second kappa shape index (κ2) is 4.53. The highest BCUT2D eigenvalue weighted by atomic mass is 16.3. The van der Waals surface area contributed by atoms with Crippen molar-refractivity contribution in [1.29, 1.82) is 0 Å². The number of hydrogen-bond acceptors (Lipinski definition) is 2. The molecule has 2 nitrogen and oxygen atoms in total. The maximum atomic E-state index is 9.03. The third kappa shape index (κ3) is 3.27. The van der Waals surface area contributed by atoms with Gasteiger partial charge in [-0.15, -0.1) is 0 Å². The van der Waals surface area contributed by atoms with Crippen LogP contribution in [0.2, 0.25) is 0 Å². The van der Waals surface area contributed by atoms with E-state index >= 15 is 0 Å². The molecule has 53 valence electrons. The summed E-state index contributed by atoms with van der Waals surface area (Å²) in [5.74, 6) is -0.0944. The van der Waals surface area contributed by atoms with Crippen LogP contribution in [0.3, 0.4) is 0 Å². The summed E-state index contributed by atoms with van der Waals surface area (Å²) in [4.78, 5) is 0. The Morgan fingerprint density at radius 2 is 2.22 bits per heavy atom. The molecule has 2 heteroatoms. The van der Waals surface area contributed by atoms with E-state index in [0.29, 0.717) is 0 Å². The van der Waals surface area contributed by atoms with E-state index in [-0.39, 0.29) is 12.5 Å². The van der Waals surface area contributed by atoms with E-state index in [9.17, 15) is 0 Å². The molecule has 0 spiro atoms. The molecule has 0 aliphatic rings. The maximum absolute atomic E-state index is 9.03. The minimum atomic E-state index is -0.563. The van der Waals surface area contributed by atoms with E-state index in [2.05, 4.69) is 6.92 Å². The number of hydrogen-bond donors (Lipinski definition) is 2. The van der Waals surface area contributed by atoms with E-state index in [4.69, 9.17) is 10.2 Å². The summed E-state index contributed by atoms with van der Waals surface area (Å²) in [6, 6.07) is 0. The highest BCUT2D eigenvalue weighted by Gasteiger charge is 2.07. The fraction of sp³-hybridized carbons (Fsp3) is 0.571. The van der Waals surface area contributed by atoms with Crippen molar-refractivity contribution in [3.05, 3.63) is 19.1 Å². The molecule has 9 heavy (non-hydrogen) atoms. The van der Waals surface area contributed by atoms with Gasteiger partial charge in [0, 0.05) is 12.5 Å². The molecule has 0 fully saturated rings. The second-order valence-corrected chi connectivity index (χ2v) is 2.08. The lowest BCUT2D eigenvalue weighted by molar-refractivity contribution is 0.111. The van der Waals surface area contributed by atoms with Crippen molar-refractivity contribution >= 4 is 0 Å². The predicted octanol–water partition coefficient (Wildman–Crippen LogP) is 0.366. The summed E-state index contributed by atoms with van der Waals surface area (Å²) in [7, 11) is 0. The lowest BCUT2D eigenvalue weighted by Gasteiger charge is -2.10. The average Bonchev–Trinajstić information content (AvgIpc) is 1.87. The summed E-state index contributed by atoms with van der Waals surface area (Å²) in [5.41, 5.74) is 0. The molecule has 0 saturated heterocycles. The molecule has 2 atom stereocenters. The minimum Gasteiger partial charge on any atom is -0.396 e. The predicted molar refractivity (Wildman–Crippen MR) is 36.8 cm³/mol. The molecule has 0 bridgehead atoms. The number of aliphatic hydroxyl groups is 2. The molecule has 0 amide bonds. The Bertz CT molecular complexity index is 88.9. The van der Waals surface area contributed by atoms with Crippen molar-refractivity contribution in [2.45, 2.75) is 13.0 Å². The third-order valence-corrected chi connectivity index (χ3v) is 1.20. The quantitative estimate of drug-likeness (QED) is 0.578. The highest BCUT2D eigenvalue weighted by Crippen LogP contribution is 2.01. The van der Waals surface area contributed by atoms with Gasteiger partial charge in [-0.05, 0) is 6.92 Å². The fourth-order valence-corrected chi connectivity index (χ4v) is 0.437. The van der Waals surface area contributed by atoms with E-state index < -0.39 is 6.10 Å².